The molecule has 0 bridgehead atoms. The smallest absolute Gasteiger partial charge is 0.393 e. The number of rotatable bonds is 16. The van der Waals surface area contributed by atoms with Crippen LogP contribution in [-0.2, 0) is 39.9 Å². The van der Waals surface area contributed by atoms with Gasteiger partial charge in [-0.2, -0.15) is 0 Å². The van der Waals surface area contributed by atoms with Gasteiger partial charge in [0.2, 0.25) is 0 Å². The predicted molar refractivity (Wildman–Crippen MR) is 213 cm³/mol. The van der Waals surface area contributed by atoms with E-state index in [2.05, 4.69) is 64.1 Å². The highest BCUT2D eigenvalue weighted by Gasteiger charge is 2.64. The number of allylic oxidation sites excluding steroid dienone is 3. The minimum absolute atomic E-state index is 0.0345. The van der Waals surface area contributed by atoms with Crippen LogP contribution in [0, 0.1) is 34.5 Å². The number of esters is 2. The zero-order chi connectivity index (χ0) is 41.3. The number of hydrogen-bond donors (Lipinski definition) is 3. The van der Waals surface area contributed by atoms with Crippen molar-refractivity contribution in [1.29, 1.82) is 0 Å². The zero-order valence-corrected chi connectivity index (χ0v) is 34.5. The van der Waals surface area contributed by atoms with Crippen LogP contribution in [-0.4, -0.2) is 56.4 Å². The highest BCUT2D eigenvalue weighted by Crippen LogP contribution is 2.60. The number of carboxylic acid groups (broad SMARTS) is 2. The van der Waals surface area contributed by atoms with Crippen LogP contribution in [0.5, 0.6) is 0 Å². The van der Waals surface area contributed by atoms with Crippen LogP contribution < -0.4 is 0 Å². The third kappa shape index (κ3) is 10.8. The van der Waals surface area contributed by atoms with Gasteiger partial charge in [-0.05, 0) is 110 Å². The van der Waals surface area contributed by atoms with E-state index in [-0.39, 0.29) is 29.5 Å². The molecular formula is C46H66O10. The van der Waals surface area contributed by atoms with Gasteiger partial charge in [0, 0.05) is 32.6 Å². The molecule has 0 radical (unpaired) electrons. The highest BCUT2D eigenvalue weighted by atomic mass is 16.8. The Balaban J connectivity index is 0.000000314. The number of aryl methyl sites for hydroxylation is 1. The summed E-state index contributed by atoms with van der Waals surface area (Å²) in [5.74, 6) is -6.59. The first-order valence-corrected chi connectivity index (χ1v) is 20.9. The van der Waals surface area contributed by atoms with Gasteiger partial charge in [-0.15, -0.1) is 0 Å². The van der Waals surface area contributed by atoms with Crippen LogP contribution in [0.25, 0.3) is 0 Å². The van der Waals surface area contributed by atoms with Crippen molar-refractivity contribution in [3.63, 3.8) is 0 Å². The Morgan fingerprint density at radius 1 is 0.911 bits per heavy atom. The number of fused-ring (bicyclic) bond motifs is 5. The molecule has 4 aliphatic rings. The lowest BCUT2D eigenvalue weighted by molar-refractivity contribution is -0.288. The molecule has 5 rings (SSSR count). The molecule has 0 amide bonds. The summed E-state index contributed by atoms with van der Waals surface area (Å²) >= 11 is 0. The number of unbranched alkanes of at least 4 members (excludes halogenated alkanes) is 1. The minimum Gasteiger partial charge on any atom is -0.481 e. The van der Waals surface area contributed by atoms with E-state index in [1.807, 2.05) is 0 Å². The fourth-order valence-corrected chi connectivity index (χ4v) is 10.3. The summed E-state index contributed by atoms with van der Waals surface area (Å²) in [6.45, 7) is 10.8. The number of Topliss-reactive ketones (excluding diaryl/α,β-unsaturated/α-hetero) is 1. The predicted octanol–water partition coefficient (Wildman–Crippen LogP) is 9.13. The van der Waals surface area contributed by atoms with E-state index in [0.29, 0.717) is 18.3 Å². The number of carbonyl (C=O) groups excluding carboxylic acids is 3. The molecule has 3 fully saturated rings. The van der Waals surface area contributed by atoms with E-state index in [4.69, 9.17) is 9.47 Å². The molecule has 0 aliphatic heterocycles. The lowest BCUT2D eigenvalue weighted by atomic mass is 9.56. The molecule has 4 aliphatic carbocycles. The van der Waals surface area contributed by atoms with E-state index in [1.165, 1.54) is 51.0 Å². The number of ketones is 1. The normalized spacial score (nSPS) is 27.1. The molecule has 10 heteroatoms. The molecule has 1 aromatic rings. The van der Waals surface area contributed by atoms with Gasteiger partial charge < -0.3 is 24.8 Å². The SMILES string of the molecule is CCCCC(C)(C)C/C=C/[C@H]1CCC(=O)[C@@H]1C/C=C\CC(O)(CC(=O)O)C(OC(C)=O)(OC(C)=O)C(=O)O.C[C@@]12CCC[C@H]1[C@@H]1CCc3ccccc3[C@H]1CC2. The molecule has 0 saturated heterocycles. The average molecular weight is 779 g/mol. The summed E-state index contributed by atoms with van der Waals surface area (Å²) in [6, 6.07) is 9.27. The highest BCUT2D eigenvalue weighted by molar-refractivity contribution is 5.86. The first-order chi connectivity index (χ1) is 26.4. The van der Waals surface area contributed by atoms with Gasteiger partial charge in [-0.25, -0.2) is 4.79 Å². The molecule has 1 unspecified atom stereocenters. The zero-order valence-electron chi connectivity index (χ0n) is 34.5. The van der Waals surface area contributed by atoms with Crippen molar-refractivity contribution in [3.8, 4) is 0 Å². The topological polar surface area (TPSA) is 164 Å². The molecule has 56 heavy (non-hydrogen) atoms. The van der Waals surface area contributed by atoms with Crippen molar-refractivity contribution in [2.75, 3.05) is 0 Å². The number of aliphatic hydroxyl groups is 1. The standard InChI is InChI=1S/C28H42O10.C18H24/c1-6-7-15-26(4,5)16-10-11-21-13-14-23(31)22(21)12-8-9-17-27(36,18-24(32)33)28(25(34)35,37-19(2)29)38-20(3)30;1-18-11-4-7-17(18)16-9-8-13-5-2-3-6-14(13)15(16)10-12-18/h8-11,21-22,36H,6-7,12-18H2,1-5H3,(H,32,33)(H,34,35);2-3,5-6,15-17H,4,7-12H2,1H3/b9-8-,11-10+;/t21-,22+,27?;15-,16-,17+,18+/m01/s1. The fraction of sp³-hybridized carbons (Fsp3) is 0.674. The van der Waals surface area contributed by atoms with Crippen molar-refractivity contribution >= 4 is 29.7 Å². The monoisotopic (exact) mass is 778 g/mol. The lowest BCUT2D eigenvalue weighted by Gasteiger charge is -2.49. The van der Waals surface area contributed by atoms with E-state index < -0.39 is 48.1 Å². The second-order valence-electron chi connectivity index (χ2n) is 18.0. The van der Waals surface area contributed by atoms with E-state index in [1.54, 1.807) is 17.2 Å². The summed E-state index contributed by atoms with van der Waals surface area (Å²) in [7, 11) is 0. The van der Waals surface area contributed by atoms with Crippen molar-refractivity contribution in [1.82, 2.24) is 0 Å². The number of hydrogen-bond acceptors (Lipinski definition) is 8. The Hall–Kier alpha value is -3.79. The van der Waals surface area contributed by atoms with Gasteiger partial charge in [0.1, 0.15) is 5.78 Å². The number of aliphatic carboxylic acids is 2. The number of ether oxygens (including phenoxy) is 2. The third-order valence-corrected chi connectivity index (χ3v) is 13.3. The second-order valence-corrected chi connectivity index (χ2v) is 18.0. The third-order valence-electron chi connectivity index (χ3n) is 13.3. The Labute approximate surface area is 333 Å². The average Bonchev–Trinajstić information content (AvgIpc) is 3.69. The molecule has 0 spiro atoms. The van der Waals surface area contributed by atoms with Crippen LogP contribution in [0.2, 0.25) is 0 Å². The largest absolute Gasteiger partial charge is 0.481 e. The summed E-state index contributed by atoms with van der Waals surface area (Å²) < 4.78 is 9.49. The number of benzene rings is 1. The molecular weight excluding hydrogens is 712 g/mol. The van der Waals surface area contributed by atoms with Gasteiger partial charge >= 0.3 is 29.7 Å². The van der Waals surface area contributed by atoms with Gasteiger partial charge in [0.05, 0.1) is 6.42 Å². The molecule has 3 saturated carbocycles. The molecule has 310 valence electrons. The van der Waals surface area contributed by atoms with E-state index >= 15 is 0 Å². The maximum Gasteiger partial charge on any atom is 0.393 e. The Bertz CT molecular complexity index is 1610. The van der Waals surface area contributed by atoms with Gasteiger partial charge in [0.25, 0.3) is 0 Å². The van der Waals surface area contributed by atoms with E-state index in [0.717, 1.165) is 57.3 Å². The first-order valence-electron chi connectivity index (χ1n) is 20.9. The van der Waals surface area contributed by atoms with Gasteiger partial charge in [0.15, 0.2) is 5.60 Å². The van der Waals surface area contributed by atoms with Gasteiger partial charge in [-0.1, -0.05) is 95.5 Å². The first kappa shape index (κ1) is 44.9. The number of carbonyl (C=O) groups is 5. The quantitative estimate of drug-likeness (QED) is 0.0838. The molecule has 3 N–H and O–H groups in total. The minimum atomic E-state index is -3.29. The van der Waals surface area contributed by atoms with Crippen molar-refractivity contribution in [2.45, 2.75) is 162 Å². The number of carboxylic acids is 2. The van der Waals surface area contributed by atoms with Crippen LogP contribution >= 0.6 is 0 Å². The summed E-state index contributed by atoms with van der Waals surface area (Å²) in [5.41, 5.74) is 1.40. The fourth-order valence-electron chi connectivity index (χ4n) is 10.3. The Morgan fingerprint density at radius 2 is 1.61 bits per heavy atom. The van der Waals surface area contributed by atoms with E-state index in [9.17, 15) is 39.3 Å². The van der Waals surface area contributed by atoms with Gasteiger partial charge in [-0.3, -0.25) is 19.2 Å². The van der Waals surface area contributed by atoms with Crippen molar-refractivity contribution < 1.29 is 48.8 Å². The van der Waals surface area contributed by atoms with Crippen LogP contribution in [0.1, 0.15) is 155 Å². The molecule has 7 atom stereocenters. The van der Waals surface area contributed by atoms with Crippen molar-refractivity contribution in [3.05, 3.63) is 59.7 Å². The molecule has 0 heterocycles. The lowest BCUT2D eigenvalue weighted by Crippen LogP contribution is -2.64. The molecule has 10 nitrogen and oxygen atoms in total. The molecule has 0 aromatic heterocycles. The second kappa shape index (κ2) is 19.1. The summed E-state index contributed by atoms with van der Waals surface area (Å²) in [6.07, 6.45) is 21.2. The van der Waals surface area contributed by atoms with Crippen molar-refractivity contribution in [2.24, 2.45) is 34.5 Å². The maximum atomic E-state index is 12.5. The Morgan fingerprint density at radius 3 is 2.25 bits per heavy atom. The summed E-state index contributed by atoms with van der Waals surface area (Å²) in [5, 5.41) is 30.3. The Kier molecular flexibility index (Phi) is 15.3. The van der Waals surface area contributed by atoms with Crippen LogP contribution in [0.3, 0.4) is 0 Å². The van der Waals surface area contributed by atoms with Crippen LogP contribution in [0.15, 0.2) is 48.6 Å². The summed E-state index contributed by atoms with van der Waals surface area (Å²) in [4.78, 5) is 59.4. The molecule has 1 aromatic carbocycles. The van der Waals surface area contributed by atoms with Crippen LogP contribution in [0.4, 0.5) is 0 Å². The maximum absolute atomic E-state index is 12.5.